The van der Waals surface area contributed by atoms with E-state index in [1.165, 1.54) is 4.90 Å². The zero-order valence-corrected chi connectivity index (χ0v) is 25.2. The average Bonchev–Trinajstić information content (AvgIpc) is 3.39. The second-order valence-electron chi connectivity index (χ2n) is 10.7. The molecule has 0 aliphatic carbocycles. The Labute approximate surface area is 250 Å². The molecule has 2 aromatic heterocycles. The van der Waals surface area contributed by atoms with Crippen molar-refractivity contribution in [2.75, 3.05) is 40.4 Å². The van der Waals surface area contributed by atoms with Crippen molar-refractivity contribution in [3.05, 3.63) is 71.5 Å². The summed E-state index contributed by atoms with van der Waals surface area (Å²) in [5.74, 6) is 0.957. The Morgan fingerprint density at radius 2 is 1.69 bits per heavy atom. The van der Waals surface area contributed by atoms with Gasteiger partial charge in [-0.05, 0) is 62.2 Å². The van der Waals surface area contributed by atoms with Gasteiger partial charge in [0.25, 0.3) is 5.91 Å². The molecule has 42 heavy (non-hydrogen) atoms. The van der Waals surface area contributed by atoms with Crippen molar-refractivity contribution in [3.8, 4) is 33.9 Å². The van der Waals surface area contributed by atoms with E-state index >= 15 is 0 Å². The Morgan fingerprint density at radius 3 is 2.33 bits per heavy atom. The molecule has 2 heterocycles. The van der Waals surface area contributed by atoms with Crippen LogP contribution in [0, 0.1) is 0 Å². The Morgan fingerprint density at radius 1 is 0.976 bits per heavy atom. The van der Waals surface area contributed by atoms with E-state index in [4.69, 9.17) is 26.1 Å². The number of hydrogen-bond donors (Lipinski definition) is 3. The van der Waals surface area contributed by atoms with Gasteiger partial charge in [-0.1, -0.05) is 23.7 Å². The van der Waals surface area contributed by atoms with Crippen molar-refractivity contribution in [3.63, 3.8) is 0 Å². The number of benzene rings is 2. The number of nitrogens with one attached hydrogen (secondary N) is 2. The van der Waals surface area contributed by atoms with E-state index in [2.05, 4.69) is 10.6 Å². The molecule has 11 heteroatoms. The van der Waals surface area contributed by atoms with Gasteiger partial charge in [0.05, 0.1) is 24.9 Å². The fraction of sp³-hybridized carbons (Fsp3) is 0.323. The zero-order valence-electron chi connectivity index (χ0n) is 24.4. The lowest BCUT2D eigenvalue weighted by Gasteiger charge is -2.33. The van der Waals surface area contributed by atoms with Gasteiger partial charge in [0.15, 0.2) is 0 Å². The van der Waals surface area contributed by atoms with Gasteiger partial charge < -0.3 is 34.5 Å². The maximum Gasteiger partial charge on any atom is 0.407 e. The predicted molar refractivity (Wildman–Crippen MR) is 164 cm³/mol. The largest absolute Gasteiger partial charge is 0.496 e. The monoisotopic (exact) mass is 593 g/mol. The number of pyridine rings is 1. The molecule has 0 saturated carbocycles. The number of carbonyl (C=O) groups is 2. The second-order valence-corrected chi connectivity index (χ2v) is 11.1. The molecule has 0 saturated heterocycles. The molecule has 3 N–H and O–H groups in total. The molecule has 0 bridgehead atoms. The Kier molecular flexibility index (Phi) is 9.59. The third-order valence-corrected chi connectivity index (χ3v) is 7.13. The summed E-state index contributed by atoms with van der Waals surface area (Å²) in [5.41, 5.74) is 4.21. The molecular weight excluding hydrogens is 558 g/mol. The summed E-state index contributed by atoms with van der Waals surface area (Å²) < 4.78 is 12.8. The summed E-state index contributed by atoms with van der Waals surface area (Å²) in [6, 6.07) is 14.9. The molecule has 2 aromatic carbocycles. The number of methoxy groups -OCH3 is 2. The first kappa shape index (κ1) is 30.7. The summed E-state index contributed by atoms with van der Waals surface area (Å²) in [5, 5.41) is 15.9. The van der Waals surface area contributed by atoms with Gasteiger partial charge in [0, 0.05) is 61.3 Å². The Bertz CT molecular complexity index is 1560. The molecular formula is C31H36ClN5O5. The average molecular weight is 594 g/mol. The van der Waals surface area contributed by atoms with Gasteiger partial charge in [-0.3, -0.25) is 4.79 Å². The summed E-state index contributed by atoms with van der Waals surface area (Å²) in [7, 11) is 3.14. The van der Waals surface area contributed by atoms with Gasteiger partial charge in [-0.2, -0.15) is 0 Å². The third-order valence-electron chi connectivity index (χ3n) is 6.83. The minimum atomic E-state index is -0.949. The van der Waals surface area contributed by atoms with Crippen LogP contribution in [0.2, 0.25) is 5.02 Å². The van der Waals surface area contributed by atoms with Crippen molar-refractivity contribution >= 4 is 29.2 Å². The number of fused-ring (bicyclic) bond motifs is 1. The molecule has 0 unspecified atom stereocenters. The van der Waals surface area contributed by atoms with E-state index in [1.54, 1.807) is 38.5 Å². The minimum Gasteiger partial charge on any atom is -0.496 e. The molecule has 0 radical (unpaired) electrons. The fourth-order valence-corrected chi connectivity index (χ4v) is 4.81. The van der Waals surface area contributed by atoms with Crippen LogP contribution in [0.4, 0.5) is 4.79 Å². The Balaban J connectivity index is 1.36. The molecule has 0 aliphatic rings. The van der Waals surface area contributed by atoms with Crippen LogP contribution >= 0.6 is 11.6 Å². The zero-order chi connectivity index (χ0) is 30.4. The molecule has 4 aromatic rings. The van der Waals surface area contributed by atoms with Crippen LogP contribution in [0.1, 0.15) is 31.1 Å². The number of carbonyl (C=O) groups excluding carboxylic acids is 1. The van der Waals surface area contributed by atoms with Crippen LogP contribution in [-0.4, -0.2) is 77.3 Å². The first-order chi connectivity index (χ1) is 20.0. The van der Waals surface area contributed by atoms with Crippen molar-refractivity contribution in [2.24, 2.45) is 0 Å². The van der Waals surface area contributed by atoms with Gasteiger partial charge in [-0.15, -0.1) is 0 Å². The number of nitrogens with zero attached hydrogens (tertiary/aromatic N) is 3. The van der Waals surface area contributed by atoms with Gasteiger partial charge >= 0.3 is 6.09 Å². The van der Waals surface area contributed by atoms with Gasteiger partial charge in [-0.25, -0.2) is 9.78 Å². The summed E-state index contributed by atoms with van der Waals surface area (Å²) in [4.78, 5) is 30.2. The van der Waals surface area contributed by atoms with E-state index in [9.17, 15) is 14.7 Å². The van der Waals surface area contributed by atoms with E-state index in [-0.39, 0.29) is 5.91 Å². The number of hydrogen-bond acceptors (Lipinski definition) is 6. The van der Waals surface area contributed by atoms with Crippen molar-refractivity contribution in [1.29, 1.82) is 0 Å². The summed E-state index contributed by atoms with van der Waals surface area (Å²) in [6.07, 6.45) is 2.90. The highest BCUT2D eigenvalue weighted by Crippen LogP contribution is 2.38. The number of rotatable bonds is 11. The fourth-order valence-electron chi connectivity index (χ4n) is 4.57. The van der Waals surface area contributed by atoms with Crippen LogP contribution < -0.4 is 20.1 Å². The van der Waals surface area contributed by atoms with E-state index in [0.717, 1.165) is 22.3 Å². The maximum absolute atomic E-state index is 12.6. The van der Waals surface area contributed by atoms with Crippen LogP contribution in [0.15, 0.2) is 60.9 Å². The van der Waals surface area contributed by atoms with Crippen LogP contribution in [0.3, 0.4) is 0 Å². The van der Waals surface area contributed by atoms with Crippen molar-refractivity contribution < 1.29 is 24.2 Å². The molecule has 10 nitrogen and oxygen atoms in total. The van der Waals surface area contributed by atoms with E-state index in [0.29, 0.717) is 54.0 Å². The molecule has 0 fully saturated rings. The highest BCUT2D eigenvalue weighted by atomic mass is 35.5. The SMILES string of the molecule is COc1cc(OC)c(-c2cn3ccc(-c4ccc(C(=O)NCCNCCN(C(=O)O)C(C)(C)C)cc4)cc3n2)cc1Cl. The quantitative estimate of drug-likeness (QED) is 0.198. The second kappa shape index (κ2) is 13.1. The van der Waals surface area contributed by atoms with E-state index < -0.39 is 11.6 Å². The van der Waals surface area contributed by atoms with Gasteiger partial charge in [0.1, 0.15) is 17.1 Å². The molecule has 222 valence electrons. The predicted octanol–water partition coefficient (Wildman–Crippen LogP) is 5.44. The highest BCUT2D eigenvalue weighted by molar-refractivity contribution is 6.32. The number of halogens is 1. The molecule has 0 aliphatic heterocycles. The lowest BCUT2D eigenvalue weighted by molar-refractivity contribution is 0.0954. The molecule has 4 rings (SSSR count). The summed E-state index contributed by atoms with van der Waals surface area (Å²) in [6.45, 7) is 7.39. The third kappa shape index (κ3) is 7.13. The van der Waals surface area contributed by atoms with Crippen molar-refractivity contribution in [1.82, 2.24) is 24.9 Å². The Hall–Kier alpha value is -4.28. The lowest BCUT2D eigenvalue weighted by atomic mass is 10.0. The van der Waals surface area contributed by atoms with Crippen LogP contribution in [0.25, 0.3) is 28.0 Å². The van der Waals surface area contributed by atoms with Crippen LogP contribution in [0.5, 0.6) is 11.5 Å². The minimum absolute atomic E-state index is 0.175. The maximum atomic E-state index is 12.6. The standard InChI is InChI=1S/C31H36ClN5O5/c1-31(2,3)37(30(39)40)15-13-33-11-12-34-29(38)21-8-6-20(7-9-21)22-10-14-36-19-25(35-28(36)16-22)23-17-24(32)27(42-5)18-26(23)41-4/h6-10,14,16-19,33H,11-13,15H2,1-5H3,(H,34,38)(H,39,40). The van der Waals surface area contributed by atoms with Gasteiger partial charge in [0.2, 0.25) is 0 Å². The topological polar surface area (TPSA) is 117 Å². The lowest BCUT2D eigenvalue weighted by Crippen LogP contribution is -2.48. The molecule has 0 atom stereocenters. The molecule has 2 amide bonds. The first-order valence-electron chi connectivity index (χ1n) is 13.5. The van der Waals surface area contributed by atoms with Crippen molar-refractivity contribution in [2.45, 2.75) is 26.3 Å². The first-order valence-corrected chi connectivity index (χ1v) is 13.9. The highest BCUT2D eigenvalue weighted by Gasteiger charge is 2.25. The number of amides is 2. The number of aromatic nitrogens is 2. The number of imidazole rings is 1. The van der Waals surface area contributed by atoms with Crippen LogP contribution in [-0.2, 0) is 0 Å². The smallest absolute Gasteiger partial charge is 0.407 e. The normalized spacial score (nSPS) is 11.4. The molecule has 0 spiro atoms. The number of carboxylic acid groups (broad SMARTS) is 1. The summed E-state index contributed by atoms with van der Waals surface area (Å²) >= 11 is 6.36. The number of ether oxygens (including phenoxy) is 2. The van der Waals surface area contributed by atoms with E-state index in [1.807, 2.05) is 61.8 Å².